The van der Waals surface area contributed by atoms with Gasteiger partial charge in [0, 0.05) is 11.6 Å². The number of carbonyl (C=O) groups excluding carboxylic acids is 2. The Morgan fingerprint density at radius 3 is 2.85 bits per heavy atom. The minimum Gasteiger partial charge on any atom is -0.479 e. The molecule has 1 heterocycles. The molecule has 0 saturated heterocycles. The van der Waals surface area contributed by atoms with E-state index < -0.39 is 6.10 Å². The van der Waals surface area contributed by atoms with E-state index in [2.05, 4.69) is 10.6 Å². The lowest BCUT2D eigenvalue weighted by Crippen LogP contribution is -2.35. The lowest BCUT2D eigenvalue weighted by molar-refractivity contribution is -0.122. The lowest BCUT2D eigenvalue weighted by atomic mass is 10.1. The van der Waals surface area contributed by atoms with Crippen LogP contribution in [0.2, 0.25) is 0 Å². The Kier molecular flexibility index (Phi) is 3.34. The Labute approximate surface area is 117 Å². The smallest absolute Gasteiger partial charge is 0.265 e. The van der Waals surface area contributed by atoms with Crippen molar-refractivity contribution in [3.63, 3.8) is 0 Å². The van der Waals surface area contributed by atoms with Crippen LogP contribution in [0, 0.1) is 0 Å². The molecule has 1 aliphatic heterocycles. The molecule has 5 heteroatoms. The number of hydrogen-bond acceptors (Lipinski definition) is 3. The van der Waals surface area contributed by atoms with Gasteiger partial charge < -0.3 is 15.4 Å². The topological polar surface area (TPSA) is 67.4 Å². The SMILES string of the molecule is CC1Oc2cc(C(=O)NC3CCCC3)ccc2NC1=O. The molecule has 20 heavy (non-hydrogen) atoms. The van der Waals surface area contributed by atoms with E-state index >= 15 is 0 Å². The first kappa shape index (κ1) is 13.0. The molecule has 5 nitrogen and oxygen atoms in total. The van der Waals surface area contributed by atoms with Crippen molar-refractivity contribution in [2.75, 3.05) is 5.32 Å². The second-order valence-corrected chi connectivity index (χ2v) is 5.42. The van der Waals surface area contributed by atoms with Crippen LogP contribution in [0.1, 0.15) is 43.0 Å². The number of ether oxygens (including phenoxy) is 1. The number of fused-ring (bicyclic) bond motifs is 1. The monoisotopic (exact) mass is 274 g/mol. The number of carbonyl (C=O) groups is 2. The first-order valence-electron chi connectivity index (χ1n) is 7.06. The third-order valence-electron chi connectivity index (χ3n) is 3.87. The summed E-state index contributed by atoms with van der Waals surface area (Å²) in [4.78, 5) is 23.7. The van der Waals surface area contributed by atoms with Gasteiger partial charge in [-0.05, 0) is 38.0 Å². The van der Waals surface area contributed by atoms with Gasteiger partial charge in [0.1, 0.15) is 5.75 Å². The number of hydrogen-bond donors (Lipinski definition) is 2. The first-order chi connectivity index (χ1) is 9.63. The maximum atomic E-state index is 12.2. The van der Waals surface area contributed by atoms with Gasteiger partial charge in [-0.15, -0.1) is 0 Å². The fourth-order valence-corrected chi connectivity index (χ4v) is 2.68. The molecule has 0 aromatic heterocycles. The Hall–Kier alpha value is -2.04. The van der Waals surface area contributed by atoms with E-state index in [1.807, 2.05) is 0 Å². The summed E-state index contributed by atoms with van der Waals surface area (Å²) >= 11 is 0. The summed E-state index contributed by atoms with van der Waals surface area (Å²) in [5, 5.41) is 5.79. The van der Waals surface area contributed by atoms with E-state index in [0.717, 1.165) is 12.8 Å². The maximum absolute atomic E-state index is 12.2. The largest absolute Gasteiger partial charge is 0.479 e. The Morgan fingerprint density at radius 1 is 1.35 bits per heavy atom. The Balaban J connectivity index is 1.76. The van der Waals surface area contributed by atoms with Crippen molar-refractivity contribution in [3.8, 4) is 5.75 Å². The van der Waals surface area contributed by atoms with Crippen LogP contribution in [-0.2, 0) is 4.79 Å². The zero-order valence-electron chi connectivity index (χ0n) is 11.4. The molecule has 1 aliphatic carbocycles. The van der Waals surface area contributed by atoms with Crippen LogP contribution in [0.3, 0.4) is 0 Å². The Bertz CT molecular complexity index is 550. The van der Waals surface area contributed by atoms with Crippen LogP contribution in [0.15, 0.2) is 18.2 Å². The molecule has 0 radical (unpaired) electrons. The van der Waals surface area contributed by atoms with Gasteiger partial charge in [-0.25, -0.2) is 0 Å². The highest BCUT2D eigenvalue weighted by atomic mass is 16.5. The predicted molar refractivity (Wildman–Crippen MR) is 74.9 cm³/mol. The summed E-state index contributed by atoms with van der Waals surface area (Å²) in [6, 6.07) is 5.40. The third-order valence-corrected chi connectivity index (χ3v) is 3.87. The zero-order valence-corrected chi connectivity index (χ0v) is 11.4. The van der Waals surface area contributed by atoms with Gasteiger partial charge in [-0.2, -0.15) is 0 Å². The summed E-state index contributed by atoms with van der Waals surface area (Å²) in [7, 11) is 0. The zero-order chi connectivity index (χ0) is 14.1. The highest BCUT2D eigenvalue weighted by molar-refractivity contribution is 6.00. The van der Waals surface area contributed by atoms with E-state index in [4.69, 9.17) is 4.74 Å². The summed E-state index contributed by atoms with van der Waals surface area (Å²) < 4.78 is 5.51. The van der Waals surface area contributed by atoms with Crippen molar-refractivity contribution >= 4 is 17.5 Å². The summed E-state index contributed by atoms with van der Waals surface area (Å²) in [5.41, 5.74) is 1.18. The standard InChI is InChI=1S/C15H18N2O3/c1-9-14(18)17-12-7-6-10(8-13(12)20-9)15(19)16-11-4-2-3-5-11/h6-9,11H,2-5H2,1H3,(H,16,19)(H,17,18). The highest BCUT2D eigenvalue weighted by Crippen LogP contribution is 2.30. The fraction of sp³-hybridized carbons (Fsp3) is 0.467. The van der Waals surface area contributed by atoms with Crippen molar-refractivity contribution in [1.29, 1.82) is 0 Å². The quantitative estimate of drug-likeness (QED) is 0.867. The van der Waals surface area contributed by atoms with E-state index in [0.29, 0.717) is 17.0 Å². The molecular weight excluding hydrogens is 256 g/mol. The van der Waals surface area contributed by atoms with E-state index in [1.165, 1.54) is 12.8 Å². The molecule has 1 atom stereocenters. The number of benzene rings is 1. The van der Waals surface area contributed by atoms with Gasteiger partial charge in [0.25, 0.3) is 11.8 Å². The van der Waals surface area contributed by atoms with Crippen LogP contribution >= 0.6 is 0 Å². The second kappa shape index (κ2) is 5.15. The van der Waals surface area contributed by atoms with Gasteiger partial charge in [-0.1, -0.05) is 12.8 Å². The average Bonchev–Trinajstić information content (AvgIpc) is 2.92. The summed E-state index contributed by atoms with van der Waals surface area (Å²) in [5.74, 6) is 0.310. The average molecular weight is 274 g/mol. The van der Waals surface area contributed by atoms with Crippen LogP contribution in [0.25, 0.3) is 0 Å². The molecule has 2 aliphatic rings. The number of nitrogens with one attached hydrogen (secondary N) is 2. The second-order valence-electron chi connectivity index (χ2n) is 5.42. The number of amides is 2. The van der Waals surface area contributed by atoms with Crippen LogP contribution in [0.5, 0.6) is 5.75 Å². The van der Waals surface area contributed by atoms with E-state index in [-0.39, 0.29) is 17.9 Å². The number of rotatable bonds is 2. The Morgan fingerprint density at radius 2 is 2.10 bits per heavy atom. The first-order valence-corrected chi connectivity index (χ1v) is 7.06. The molecule has 0 bridgehead atoms. The molecule has 1 unspecified atom stereocenters. The third kappa shape index (κ3) is 2.48. The van der Waals surface area contributed by atoms with E-state index in [1.54, 1.807) is 25.1 Å². The van der Waals surface area contributed by atoms with Crippen molar-refractivity contribution in [3.05, 3.63) is 23.8 Å². The van der Waals surface area contributed by atoms with Gasteiger partial charge in [0.2, 0.25) is 0 Å². The van der Waals surface area contributed by atoms with Gasteiger partial charge in [-0.3, -0.25) is 9.59 Å². The lowest BCUT2D eigenvalue weighted by Gasteiger charge is -2.23. The molecule has 3 rings (SSSR count). The normalized spacial score (nSPS) is 21.9. The molecule has 1 aromatic rings. The van der Waals surface area contributed by atoms with Crippen molar-refractivity contribution in [1.82, 2.24) is 5.32 Å². The summed E-state index contributed by atoms with van der Waals surface area (Å²) in [6.07, 6.45) is 3.94. The van der Waals surface area contributed by atoms with Crippen LogP contribution < -0.4 is 15.4 Å². The van der Waals surface area contributed by atoms with Gasteiger partial charge in [0.05, 0.1) is 5.69 Å². The van der Waals surface area contributed by atoms with Crippen molar-refractivity contribution < 1.29 is 14.3 Å². The van der Waals surface area contributed by atoms with Crippen LogP contribution in [-0.4, -0.2) is 24.0 Å². The fourth-order valence-electron chi connectivity index (χ4n) is 2.68. The molecular formula is C15H18N2O3. The molecule has 1 aromatic carbocycles. The molecule has 0 spiro atoms. The molecule has 1 saturated carbocycles. The highest BCUT2D eigenvalue weighted by Gasteiger charge is 2.25. The van der Waals surface area contributed by atoms with Crippen molar-refractivity contribution in [2.24, 2.45) is 0 Å². The van der Waals surface area contributed by atoms with Crippen molar-refractivity contribution in [2.45, 2.75) is 44.8 Å². The van der Waals surface area contributed by atoms with E-state index in [9.17, 15) is 9.59 Å². The molecule has 1 fully saturated rings. The number of anilines is 1. The predicted octanol–water partition coefficient (Wildman–Crippen LogP) is 2.08. The van der Waals surface area contributed by atoms with Crippen LogP contribution in [0.4, 0.5) is 5.69 Å². The summed E-state index contributed by atoms with van der Waals surface area (Å²) in [6.45, 7) is 1.68. The molecule has 2 amide bonds. The van der Waals surface area contributed by atoms with Gasteiger partial charge in [0.15, 0.2) is 6.10 Å². The van der Waals surface area contributed by atoms with Gasteiger partial charge >= 0.3 is 0 Å². The molecule has 106 valence electrons. The minimum atomic E-state index is -0.532. The maximum Gasteiger partial charge on any atom is 0.265 e. The molecule has 2 N–H and O–H groups in total. The minimum absolute atomic E-state index is 0.0761.